The maximum absolute atomic E-state index is 9.69. The molecule has 2 aromatic rings. The third kappa shape index (κ3) is 2.26. The lowest BCUT2D eigenvalue weighted by Gasteiger charge is -2.34. The van der Waals surface area contributed by atoms with Crippen molar-refractivity contribution in [2.75, 3.05) is 11.4 Å². The first-order chi connectivity index (χ1) is 9.16. The van der Waals surface area contributed by atoms with E-state index in [0.717, 1.165) is 24.3 Å². The van der Waals surface area contributed by atoms with Crippen LogP contribution in [0.2, 0.25) is 0 Å². The van der Waals surface area contributed by atoms with E-state index in [-0.39, 0.29) is 0 Å². The van der Waals surface area contributed by atoms with Crippen molar-refractivity contribution in [3.63, 3.8) is 0 Å². The summed E-state index contributed by atoms with van der Waals surface area (Å²) in [5, 5.41) is 11.9. The molecule has 0 saturated heterocycles. The van der Waals surface area contributed by atoms with Crippen molar-refractivity contribution >= 4 is 17.2 Å². The van der Waals surface area contributed by atoms with Crippen LogP contribution >= 0.6 is 11.3 Å². The summed E-state index contributed by atoms with van der Waals surface area (Å²) >= 11 is 1.85. The first-order valence-corrected chi connectivity index (χ1v) is 7.51. The van der Waals surface area contributed by atoms with Gasteiger partial charge in [-0.05, 0) is 55.0 Å². The Morgan fingerprint density at radius 3 is 3.11 bits per heavy atom. The van der Waals surface area contributed by atoms with Crippen molar-refractivity contribution in [1.82, 2.24) is 4.98 Å². The molecule has 0 saturated carbocycles. The van der Waals surface area contributed by atoms with Crippen LogP contribution in [0.25, 0.3) is 0 Å². The quantitative estimate of drug-likeness (QED) is 0.912. The molecule has 3 heterocycles. The van der Waals surface area contributed by atoms with Gasteiger partial charge in [-0.3, -0.25) is 0 Å². The molecule has 0 spiro atoms. The van der Waals surface area contributed by atoms with Gasteiger partial charge in [-0.15, -0.1) is 11.3 Å². The van der Waals surface area contributed by atoms with Gasteiger partial charge >= 0.3 is 0 Å². The SMILES string of the molecule is CC1c2ccsc2CCN1c1cc([C@@H](C)O)ccn1. The molecule has 100 valence electrons. The lowest BCUT2D eigenvalue weighted by molar-refractivity contribution is 0.199. The Labute approximate surface area is 117 Å². The second kappa shape index (κ2) is 4.94. The van der Waals surface area contributed by atoms with Crippen LogP contribution in [0.1, 0.15) is 42.0 Å². The van der Waals surface area contributed by atoms with E-state index < -0.39 is 6.10 Å². The normalized spacial score (nSPS) is 20.2. The highest BCUT2D eigenvalue weighted by Gasteiger charge is 2.25. The monoisotopic (exact) mass is 274 g/mol. The van der Waals surface area contributed by atoms with Crippen LogP contribution in [-0.4, -0.2) is 16.6 Å². The maximum Gasteiger partial charge on any atom is 0.129 e. The molecule has 19 heavy (non-hydrogen) atoms. The molecule has 0 amide bonds. The minimum Gasteiger partial charge on any atom is -0.389 e. The predicted molar refractivity (Wildman–Crippen MR) is 78.7 cm³/mol. The molecule has 2 atom stereocenters. The fourth-order valence-electron chi connectivity index (χ4n) is 2.67. The Morgan fingerprint density at radius 1 is 1.47 bits per heavy atom. The lowest BCUT2D eigenvalue weighted by Crippen LogP contribution is -2.33. The summed E-state index contributed by atoms with van der Waals surface area (Å²) in [6.45, 7) is 5.00. The zero-order chi connectivity index (χ0) is 13.4. The second-order valence-corrected chi connectivity index (χ2v) is 6.04. The number of aliphatic hydroxyl groups excluding tert-OH is 1. The molecule has 1 aliphatic heterocycles. The van der Waals surface area contributed by atoms with Crippen LogP contribution in [0.15, 0.2) is 29.8 Å². The Bertz CT molecular complexity index is 579. The van der Waals surface area contributed by atoms with Gasteiger partial charge in [0.2, 0.25) is 0 Å². The fraction of sp³-hybridized carbons (Fsp3) is 0.400. The highest BCUT2D eigenvalue weighted by Crippen LogP contribution is 2.35. The largest absolute Gasteiger partial charge is 0.389 e. The van der Waals surface area contributed by atoms with E-state index in [4.69, 9.17) is 0 Å². The number of fused-ring (bicyclic) bond motifs is 1. The van der Waals surface area contributed by atoms with Crippen molar-refractivity contribution in [3.8, 4) is 0 Å². The molecule has 1 aliphatic rings. The Morgan fingerprint density at radius 2 is 2.32 bits per heavy atom. The molecule has 2 aromatic heterocycles. The van der Waals surface area contributed by atoms with Crippen LogP contribution in [0.4, 0.5) is 5.82 Å². The molecule has 4 heteroatoms. The van der Waals surface area contributed by atoms with E-state index in [1.54, 1.807) is 13.1 Å². The van der Waals surface area contributed by atoms with E-state index in [2.05, 4.69) is 28.3 Å². The van der Waals surface area contributed by atoms with Gasteiger partial charge in [0.1, 0.15) is 5.82 Å². The summed E-state index contributed by atoms with van der Waals surface area (Å²) in [4.78, 5) is 8.29. The predicted octanol–water partition coefficient (Wildman–Crippen LogP) is 3.32. The second-order valence-electron chi connectivity index (χ2n) is 5.04. The van der Waals surface area contributed by atoms with Gasteiger partial charge in [-0.1, -0.05) is 0 Å². The smallest absolute Gasteiger partial charge is 0.129 e. The molecule has 0 aliphatic carbocycles. The topological polar surface area (TPSA) is 36.4 Å². The Kier molecular flexibility index (Phi) is 3.29. The van der Waals surface area contributed by atoms with Crippen molar-refractivity contribution in [2.24, 2.45) is 0 Å². The molecule has 1 unspecified atom stereocenters. The van der Waals surface area contributed by atoms with Gasteiger partial charge in [-0.2, -0.15) is 0 Å². The van der Waals surface area contributed by atoms with Gasteiger partial charge in [0.15, 0.2) is 0 Å². The van der Waals surface area contributed by atoms with Crippen LogP contribution in [-0.2, 0) is 6.42 Å². The number of hydrogen-bond donors (Lipinski definition) is 1. The standard InChI is InChI=1S/C15H18N2OS/c1-10-13-5-8-19-14(13)4-7-17(10)15-9-12(11(2)18)3-6-16-15/h3,5-6,8-11,18H,4,7H2,1-2H3/t10?,11-/m1/s1. The molecular weight excluding hydrogens is 256 g/mol. The fourth-order valence-corrected chi connectivity index (χ4v) is 3.64. The molecule has 0 fully saturated rings. The van der Waals surface area contributed by atoms with Crippen LogP contribution in [0.5, 0.6) is 0 Å². The minimum absolute atomic E-state index is 0.353. The van der Waals surface area contributed by atoms with Crippen molar-refractivity contribution in [1.29, 1.82) is 0 Å². The van der Waals surface area contributed by atoms with Crippen LogP contribution in [0, 0.1) is 0 Å². The molecule has 0 radical (unpaired) electrons. The number of hydrogen-bond acceptors (Lipinski definition) is 4. The number of thiophene rings is 1. The van der Waals surface area contributed by atoms with Crippen LogP contribution < -0.4 is 4.90 Å². The third-order valence-corrected chi connectivity index (χ3v) is 4.82. The Balaban J connectivity index is 1.93. The zero-order valence-corrected chi connectivity index (χ0v) is 12.0. The molecule has 1 N–H and O–H groups in total. The molecule has 3 rings (SSSR count). The first-order valence-electron chi connectivity index (χ1n) is 6.63. The Hall–Kier alpha value is -1.39. The van der Waals surface area contributed by atoms with E-state index in [1.165, 1.54) is 10.4 Å². The number of aromatic nitrogens is 1. The number of rotatable bonds is 2. The van der Waals surface area contributed by atoms with Gasteiger partial charge in [0.05, 0.1) is 12.1 Å². The molecule has 3 nitrogen and oxygen atoms in total. The summed E-state index contributed by atoms with van der Waals surface area (Å²) in [7, 11) is 0. The number of aliphatic hydroxyl groups is 1. The number of anilines is 1. The average molecular weight is 274 g/mol. The summed E-state index contributed by atoms with van der Waals surface area (Å²) in [6, 6.07) is 6.44. The minimum atomic E-state index is -0.446. The third-order valence-electron chi connectivity index (χ3n) is 3.82. The molecule has 0 aromatic carbocycles. The first kappa shape index (κ1) is 12.6. The highest BCUT2D eigenvalue weighted by molar-refractivity contribution is 7.10. The summed E-state index contributed by atoms with van der Waals surface area (Å²) < 4.78 is 0. The van der Waals surface area contributed by atoms with Crippen molar-refractivity contribution in [2.45, 2.75) is 32.4 Å². The molecular formula is C15H18N2OS. The van der Waals surface area contributed by atoms with E-state index in [9.17, 15) is 5.11 Å². The maximum atomic E-state index is 9.69. The van der Waals surface area contributed by atoms with Gasteiger partial charge in [-0.25, -0.2) is 4.98 Å². The van der Waals surface area contributed by atoms with Crippen molar-refractivity contribution in [3.05, 3.63) is 45.8 Å². The summed E-state index contributed by atoms with van der Waals surface area (Å²) in [5.41, 5.74) is 2.34. The molecule has 0 bridgehead atoms. The lowest BCUT2D eigenvalue weighted by atomic mass is 10.0. The van der Waals surface area contributed by atoms with E-state index in [1.807, 2.05) is 23.5 Å². The van der Waals surface area contributed by atoms with Gasteiger partial charge in [0.25, 0.3) is 0 Å². The van der Waals surface area contributed by atoms with E-state index >= 15 is 0 Å². The van der Waals surface area contributed by atoms with Crippen molar-refractivity contribution < 1.29 is 5.11 Å². The zero-order valence-electron chi connectivity index (χ0n) is 11.2. The van der Waals surface area contributed by atoms with Crippen LogP contribution in [0.3, 0.4) is 0 Å². The van der Waals surface area contributed by atoms with Gasteiger partial charge in [0, 0.05) is 17.6 Å². The summed E-state index contributed by atoms with van der Waals surface area (Å²) in [6.07, 6.45) is 2.42. The van der Waals surface area contributed by atoms with Gasteiger partial charge < -0.3 is 10.0 Å². The van der Waals surface area contributed by atoms with E-state index in [0.29, 0.717) is 6.04 Å². The summed E-state index contributed by atoms with van der Waals surface area (Å²) in [5.74, 6) is 0.961. The average Bonchev–Trinajstić information content (AvgIpc) is 2.88. The number of nitrogens with zero attached hydrogens (tertiary/aromatic N) is 2. The highest BCUT2D eigenvalue weighted by atomic mass is 32.1. The number of pyridine rings is 1.